The molecule has 0 aromatic heterocycles. The van der Waals surface area contributed by atoms with Gasteiger partial charge in [0.05, 0.1) is 0 Å². The van der Waals surface area contributed by atoms with Gasteiger partial charge in [-0.1, -0.05) is 243 Å². The molecule has 438 valence electrons. The van der Waals surface area contributed by atoms with Crippen LogP contribution in [-0.2, 0) is 0 Å². The normalized spacial score (nSPS) is 9.71. The van der Waals surface area contributed by atoms with E-state index < -0.39 is 0 Å². The van der Waals surface area contributed by atoms with Crippen LogP contribution < -0.4 is 0 Å². The highest BCUT2D eigenvalue weighted by molar-refractivity contribution is 14.1. The van der Waals surface area contributed by atoms with Crippen molar-refractivity contribution in [2.45, 2.75) is 69.2 Å². The van der Waals surface area contributed by atoms with Crippen molar-refractivity contribution in [2.24, 2.45) is 0 Å². The van der Waals surface area contributed by atoms with Crippen molar-refractivity contribution >= 4 is 307 Å². The van der Waals surface area contributed by atoms with Crippen LogP contribution in [0.5, 0.6) is 0 Å². The van der Waals surface area contributed by atoms with Crippen LogP contribution in [-0.4, -0.2) is 0 Å². The van der Waals surface area contributed by atoms with Crippen LogP contribution in [0.4, 0.5) is 0 Å². The molecule has 82 heavy (non-hydrogen) atoms. The smallest absolute Gasteiger partial charge is 0.0464 e. The maximum absolute atomic E-state index is 5.75. The van der Waals surface area contributed by atoms with Gasteiger partial charge >= 0.3 is 0 Å². The molecule has 0 fully saturated rings. The standard InChI is InChI=1S/C8H8Br2.C7H5Br3.2C7H6Br2.C7H7Br.C7H5Cl3.2C7H6I2.C7H7I/c1-5-3-7(9)6(2)8(10)4-5;1-4-6(9)2-5(8)3-7(4)10;1-5-2-6(8)4-7(9)3-5;1-5-6(8)3-2-4-7(5)9;1-6-4-2-3-5-7(6)8;1-4-6(9)2-5(8)3-7(4)10;1-5-2-6(8)4-7(9)3-5;1-5-6(8)3-2-4-7(5)9;1-6-4-2-3-5-7(6)8/h3-4H,1-2H3;2-3H,1H3;2*2-4H,1H3;2-5H,1H3;2-3H,1H3;2*2-4H,1H3;2-5H,1H3. The number of halogens is 18. The highest BCUT2D eigenvalue weighted by atomic mass is 127. The summed E-state index contributed by atoms with van der Waals surface area (Å²) in [5.41, 5.74) is 12.5. The van der Waals surface area contributed by atoms with E-state index in [0.29, 0.717) is 15.1 Å². The molecule has 0 radical (unpaired) electrons. The monoisotopic (exact) mass is 2350 g/mol. The van der Waals surface area contributed by atoms with Gasteiger partial charge in [-0.05, 0) is 347 Å². The minimum absolute atomic E-state index is 0.570. The first kappa shape index (κ1) is 82.3. The van der Waals surface area contributed by atoms with Gasteiger partial charge < -0.3 is 0 Å². The lowest BCUT2D eigenvalue weighted by atomic mass is 10.2. The van der Waals surface area contributed by atoms with Crippen LogP contribution in [0.3, 0.4) is 0 Å². The second-order valence-electron chi connectivity index (χ2n) is 17.4. The molecule has 9 aromatic rings. The van der Waals surface area contributed by atoms with Gasteiger partial charge in [0.2, 0.25) is 0 Å². The van der Waals surface area contributed by atoms with Gasteiger partial charge in [-0.15, -0.1) is 0 Å². The Morgan fingerprint density at radius 2 is 0.598 bits per heavy atom. The van der Waals surface area contributed by atoms with E-state index in [1.54, 1.807) is 12.1 Å². The topological polar surface area (TPSA) is 0 Å². The Labute approximate surface area is 655 Å². The number of hydrogen-bond acceptors (Lipinski definition) is 0. The molecule has 9 rings (SSSR count). The largest absolute Gasteiger partial charge is 0.0842 e. The van der Waals surface area contributed by atoms with Gasteiger partial charge in [-0.25, -0.2) is 0 Å². The van der Waals surface area contributed by atoms with Crippen molar-refractivity contribution in [3.63, 3.8) is 0 Å². The van der Waals surface area contributed by atoms with Gasteiger partial charge in [-0.2, -0.15) is 0 Å². The van der Waals surface area contributed by atoms with E-state index >= 15 is 0 Å². The average Bonchev–Trinajstić information content (AvgIpc) is 3.44. The van der Waals surface area contributed by atoms with E-state index in [2.05, 4.69) is 426 Å². The zero-order valence-electron chi connectivity index (χ0n) is 45.8. The van der Waals surface area contributed by atoms with E-state index in [1.807, 2.05) is 61.5 Å². The lowest BCUT2D eigenvalue weighted by Gasteiger charge is -2.01. The summed E-state index contributed by atoms with van der Waals surface area (Å²) in [6, 6.07) is 53.1. The fourth-order valence-electron chi connectivity index (χ4n) is 5.65. The highest BCUT2D eigenvalue weighted by Gasteiger charge is 2.03. The number of hydrogen-bond donors (Lipinski definition) is 0. The third-order valence-corrected chi connectivity index (χ3v) is 23.6. The van der Waals surface area contributed by atoms with Crippen LogP contribution >= 0.6 is 307 Å². The Bertz CT molecular complexity index is 2930. The van der Waals surface area contributed by atoms with E-state index in [0.717, 1.165) is 36.9 Å². The molecule has 0 aliphatic rings. The summed E-state index contributed by atoms with van der Waals surface area (Å²) < 4.78 is 18.0. The maximum atomic E-state index is 5.75. The fraction of sp³-hybridized carbons (Fsp3) is 0.156. The summed E-state index contributed by atoms with van der Waals surface area (Å²) >= 11 is 63.0. The number of aryl methyl sites for hydroxylation is 5. The second kappa shape index (κ2) is 44.7. The third-order valence-electron chi connectivity index (χ3n) is 10.5. The molecule has 0 saturated heterocycles. The van der Waals surface area contributed by atoms with Gasteiger partial charge in [0, 0.05) is 77.6 Å². The molecule has 0 atom stereocenters. The average molecular weight is 2370 g/mol. The second-order valence-corrected chi connectivity index (χ2v) is 33.4. The summed E-state index contributed by atoms with van der Waals surface area (Å²) in [5.74, 6) is 0. The molecule has 18 heteroatoms. The predicted octanol–water partition coefficient (Wildman–Crippen LogP) is 30.9. The van der Waals surface area contributed by atoms with Crippen LogP contribution in [0.1, 0.15) is 55.6 Å². The summed E-state index contributed by atoms with van der Waals surface area (Å²) in [6.07, 6.45) is 0. The van der Waals surface area contributed by atoms with E-state index in [4.69, 9.17) is 34.8 Å². The fourth-order valence-corrected chi connectivity index (χ4v) is 17.1. The molecule has 0 heterocycles. The van der Waals surface area contributed by atoms with Crippen molar-refractivity contribution in [3.8, 4) is 0 Å². The Hall–Kier alpha value is 2.30. The predicted molar refractivity (Wildman–Crippen MR) is 441 cm³/mol. The highest BCUT2D eigenvalue weighted by Crippen LogP contribution is 2.30. The molecular weight excluding hydrogens is 2310 g/mol. The first-order valence-corrected chi connectivity index (χ1v) is 38.4. The van der Waals surface area contributed by atoms with Crippen LogP contribution in [0.15, 0.2) is 202 Å². The lowest BCUT2D eigenvalue weighted by Crippen LogP contribution is -1.82. The van der Waals surface area contributed by atoms with Crippen molar-refractivity contribution < 1.29 is 0 Å². The van der Waals surface area contributed by atoms with Gasteiger partial charge in [-0.3, -0.25) is 0 Å². The van der Waals surface area contributed by atoms with Crippen molar-refractivity contribution in [1.29, 1.82) is 0 Å². The van der Waals surface area contributed by atoms with Crippen LogP contribution in [0.2, 0.25) is 15.1 Å². The molecule has 0 aliphatic heterocycles. The summed E-state index contributed by atoms with van der Waals surface area (Å²) in [5, 5.41) is 1.79. The van der Waals surface area contributed by atoms with E-state index in [1.165, 1.54) is 81.3 Å². The summed E-state index contributed by atoms with van der Waals surface area (Å²) in [6.45, 7) is 20.6. The maximum Gasteiger partial charge on any atom is 0.0464 e. The first-order chi connectivity index (χ1) is 38.2. The van der Waals surface area contributed by atoms with Crippen LogP contribution in [0.25, 0.3) is 0 Å². The SMILES string of the molecule is Cc1c(Br)cc(Br)cc1Br.Cc1c(Br)cccc1Br.Cc1c(Cl)cc(Cl)cc1Cl.Cc1c(I)cccc1I.Cc1cc(Br)c(C)c(Br)c1.Cc1cc(Br)cc(Br)c1.Cc1cc(I)cc(I)c1.Cc1ccccc1Br.Cc1ccccc1I. The molecule has 0 amide bonds. The molecular formula is C64H56Br10Cl3I5. The molecule has 9 aromatic carbocycles. The lowest BCUT2D eigenvalue weighted by molar-refractivity contribution is 1.34. The van der Waals surface area contributed by atoms with Crippen molar-refractivity contribution in [3.05, 3.63) is 291 Å². The van der Waals surface area contributed by atoms with E-state index in [9.17, 15) is 0 Å². The van der Waals surface area contributed by atoms with Gasteiger partial charge in [0.15, 0.2) is 0 Å². The zero-order chi connectivity index (χ0) is 62.6. The minimum atomic E-state index is 0.570. The molecule has 0 bridgehead atoms. The summed E-state index contributed by atoms with van der Waals surface area (Å²) in [7, 11) is 0. The molecule has 0 aliphatic carbocycles. The minimum Gasteiger partial charge on any atom is -0.0842 e. The van der Waals surface area contributed by atoms with Gasteiger partial charge in [0.25, 0.3) is 0 Å². The Morgan fingerprint density at radius 1 is 0.268 bits per heavy atom. The van der Waals surface area contributed by atoms with Crippen LogP contribution in [0, 0.1) is 87.1 Å². The van der Waals surface area contributed by atoms with E-state index in [-0.39, 0.29) is 0 Å². The molecule has 0 N–H and O–H groups in total. The molecule has 0 nitrogen and oxygen atoms in total. The Kier molecular flexibility index (Phi) is 44.9. The molecule has 0 unspecified atom stereocenters. The molecule has 0 spiro atoms. The zero-order valence-corrected chi connectivity index (χ0v) is 74.7. The number of rotatable bonds is 0. The number of benzene rings is 9. The molecule has 0 saturated carbocycles. The van der Waals surface area contributed by atoms with Crippen molar-refractivity contribution in [1.82, 2.24) is 0 Å². The van der Waals surface area contributed by atoms with Crippen molar-refractivity contribution in [2.75, 3.05) is 0 Å². The summed E-state index contributed by atoms with van der Waals surface area (Å²) in [4.78, 5) is 0. The third kappa shape index (κ3) is 35.2. The quantitative estimate of drug-likeness (QED) is 0.133. The van der Waals surface area contributed by atoms with Gasteiger partial charge in [0.1, 0.15) is 0 Å². The Morgan fingerprint density at radius 3 is 0.939 bits per heavy atom. The Balaban J connectivity index is 0.000000462. The first-order valence-electron chi connectivity index (χ1n) is 24.0.